The van der Waals surface area contributed by atoms with E-state index in [1.165, 1.54) is 6.07 Å². The molecule has 0 saturated heterocycles. The number of benzene rings is 1. The number of hydrogen-bond acceptors (Lipinski definition) is 2. The van der Waals surface area contributed by atoms with Gasteiger partial charge in [0.1, 0.15) is 18.2 Å². The largest absolute Gasteiger partial charge is 0.492 e. The average molecular weight is 169 g/mol. The van der Waals surface area contributed by atoms with Crippen molar-refractivity contribution in [2.45, 2.75) is 6.92 Å². The average Bonchev–Trinajstić information content (AvgIpc) is 2.07. The summed E-state index contributed by atoms with van der Waals surface area (Å²) in [6, 6.07) is 4.78. The van der Waals surface area contributed by atoms with E-state index in [9.17, 15) is 4.39 Å². The van der Waals surface area contributed by atoms with Gasteiger partial charge in [-0.15, -0.1) is 0 Å². The zero-order valence-corrected chi connectivity index (χ0v) is 7.01. The molecule has 0 unspecified atom stereocenters. The van der Waals surface area contributed by atoms with Crippen molar-refractivity contribution in [1.29, 1.82) is 0 Å². The van der Waals surface area contributed by atoms with E-state index in [4.69, 9.17) is 10.5 Å². The second-order valence-corrected chi connectivity index (χ2v) is 2.55. The van der Waals surface area contributed by atoms with Gasteiger partial charge >= 0.3 is 0 Å². The summed E-state index contributed by atoms with van der Waals surface area (Å²) in [6.45, 7) is 2.57. The maximum atomic E-state index is 12.9. The highest BCUT2D eigenvalue weighted by Crippen LogP contribution is 2.15. The van der Waals surface area contributed by atoms with Crippen LogP contribution in [0, 0.1) is 12.7 Å². The van der Waals surface area contributed by atoms with Gasteiger partial charge in [-0.3, -0.25) is 0 Å². The highest BCUT2D eigenvalue weighted by molar-refractivity contribution is 5.27. The smallest absolute Gasteiger partial charge is 0.129 e. The molecule has 0 radical (unpaired) electrons. The van der Waals surface area contributed by atoms with Gasteiger partial charge in [0.15, 0.2) is 0 Å². The number of aryl methyl sites for hydroxylation is 1. The first-order valence-electron chi connectivity index (χ1n) is 3.83. The van der Waals surface area contributed by atoms with Crippen LogP contribution < -0.4 is 10.5 Å². The van der Waals surface area contributed by atoms with Crippen LogP contribution in [0.25, 0.3) is 0 Å². The molecule has 0 bridgehead atoms. The second kappa shape index (κ2) is 4.07. The predicted octanol–water partition coefficient (Wildman–Crippen LogP) is 1.47. The Kier molecular flexibility index (Phi) is 3.05. The van der Waals surface area contributed by atoms with Crippen molar-refractivity contribution < 1.29 is 9.13 Å². The molecule has 2 nitrogen and oxygen atoms in total. The van der Waals surface area contributed by atoms with Gasteiger partial charge in [0.2, 0.25) is 0 Å². The Morgan fingerprint density at radius 3 is 2.83 bits per heavy atom. The van der Waals surface area contributed by atoms with Crippen molar-refractivity contribution in [3.8, 4) is 5.75 Å². The van der Waals surface area contributed by atoms with Crippen molar-refractivity contribution in [2.75, 3.05) is 13.2 Å². The van der Waals surface area contributed by atoms with Crippen LogP contribution in [0.3, 0.4) is 0 Å². The molecular formula is C9H12FNO. The number of nitrogens with two attached hydrogens (primary N) is 1. The first-order chi connectivity index (χ1) is 5.74. The molecular weight excluding hydrogens is 157 g/mol. The van der Waals surface area contributed by atoms with Crippen molar-refractivity contribution >= 4 is 0 Å². The van der Waals surface area contributed by atoms with Crippen molar-refractivity contribution in [2.24, 2.45) is 5.73 Å². The Hall–Kier alpha value is -1.09. The molecule has 0 atom stereocenters. The maximum Gasteiger partial charge on any atom is 0.129 e. The lowest BCUT2D eigenvalue weighted by atomic mass is 10.2. The number of ether oxygens (including phenoxy) is 1. The first kappa shape index (κ1) is 9.00. The van der Waals surface area contributed by atoms with E-state index in [0.29, 0.717) is 24.5 Å². The minimum absolute atomic E-state index is 0.246. The normalized spacial score (nSPS) is 9.92. The summed E-state index contributed by atoms with van der Waals surface area (Å²) in [5.41, 5.74) is 5.85. The lowest BCUT2D eigenvalue weighted by Crippen LogP contribution is -2.10. The lowest BCUT2D eigenvalue weighted by molar-refractivity contribution is 0.326. The minimum Gasteiger partial charge on any atom is -0.492 e. The summed E-state index contributed by atoms with van der Waals surface area (Å²) >= 11 is 0. The molecule has 0 spiro atoms. The molecule has 0 fully saturated rings. The molecule has 1 rings (SSSR count). The topological polar surface area (TPSA) is 35.2 Å². The van der Waals surface area contributed by atoms with E-state index >= 15 is 0 Å². The third kappa shape index (κ3) is 2.20. The number of rotatable bonds is 3. The molecule has 1 aromatic carbocycles. The van der Waals surface area contributed by atoms with Gasteiger partial charge < -0.3 is 10.5 Å². The van der Waals surface area contributed by atoms with Gasteiger partial charge in [0.05, 0.1) is 0 Å². The molecule has 1 aromatic rings. The standard InChI is InChI=1S/C9H12FNO/c1-7-2-3-8(6-9(7)10)12-5-4-11/h2-3,6H,4-5,11H2,1H3. The van der Waals surface area contributed by atoms with E-state index in [1.54, 1.807) is 19.1 Å². The summed E-state index contributed by atoms with van der Waals surface area (Å²) < 4.78 is 18.0. The van der Waals surface area contributed by atoms with Crippen LogP contribution in [0.2, 0.25) is 0 Å². The monoisotopic (exact) mass is 169 g/mol. The van der Waals surface area contributed by atoms with E-state index < -0.39 is 0 Å². The molecule has 66 valence electrons. The van der Waals surface area contributed by atoms with E-state index in [2.05, 4.69) is 0 Å². The van der Waals surface area contributed by atoms with Gasteiger partial charge in [-0.05, 0) is 18.6 Å². The zero-order valence-electron chi connectivity index (χ0n) is 7.01. The highest BCUT2D eigenvalue weighted by Gasteiger charge is 1.98. The zero-order chi connectivity index (χ0) is 8.97. The molecule has 12 heavy (non-hydrogen) atoms. The van der Waals surface area contributed by atoms with Crippen LogP contribution in [0.15, 0.2) is 18.2 Å². The fourth-order valence-electron chi connectivity index (χ4n) is 0.840. The minimum atomic E-state index is -0.246. The summed E-state index contributed by atoms with van der Waals surface area (Å²) in [6.07, 6.45) is 0. The Morgan fingerprint density at radius 1 is 1.50 bits per heavy atom. The predicted molar refractivity (Wildman–Crippen MR) is 45.7 cm³/mol. The van der Waals surface area contributed by atoms with E-state index in [-0.39, 0.29) is 5.82 Å². The quantitative estimate of drug-likeness (QED) is 0.743. The number of halogens is 1. The SMILES string of the molecule is Cc1ccc(OCCN)cc1F. The summed E-state index contributed by atoms with van der Waals surface area (Å²) in [4.78, 5) is 0. The van der Waals surface area contributed by atoms with Crippen LogP contribution >= 0.6 is 0 Å². The van der Waals surface area contributed by atoms with Gasteiger partial charge in [-0.25, -0.2) is 4.39 Å². The first-order valence-corrected chi connectivity index (χ1v) is 3.83. The molecule has 0 aliphatic rings. The molecule has 0 heterocycles. The lowest BCUT2D eigenvalue weighted by Gasteiger charge is -2.04. The maximum absolute atomic E-state index is 12.9. The molecule has 0 saturated carbocycles. The van der Waals surface area contributed by atoms with Gasteiger partial charge in [-0.2, -0.15) is 0 Å². The van der Waals surface area contributed by atoms with E-state index in [0.717, 1.165) is 0 Å². The van der Waals surface area contributed by atoms with E-state index in [1.807, 2.05) is 0 Å². The molecule has 0 amide bonds. The molecule has 0 aliphatic carbocycles. The van der Waals surface area contributed by atoms with Crippen LogP contribution in [0.4, 0.5) is 4.39 Å². The Balaban J connectivity index is 2.69. The van der Waals surface area contributed by atoms with Crippen LogP contribution in [-0.2, 0) is 0 Å². The van der Waals surface area contributed by atoms with Crippen molar-refractivity contribution in [3.05, 3.63) is 29.6 Å². The van der Waals surface area contributed by atoms with Crippen LogP contribution in [0.1, 0.15) is 5.56 Å². The Labute approximate surface area is 71.1 Å². The second-order valence-electron chi connectivity index (χ2n) is 2.55. The fourth-order valence-corrected chi connectivity index (χ4v) is 0.840. The van der Waals surface area contributed by atoms with Crippen LogP contribution in [0.5, 0.6) is 5.75 Å². The number of hydrogen-bond donors (Lipinski definition) is 1. The van der Waals surface area contributed by atoms with Crippen LogP contribution in [-0.4, -0.2) is 13.2 Å². The Bertz CT molecular complexity index is 263. The molecule has 2 N–H and O–H groups in total. The Morgan fingerprint density at radius 2 is 2.25 bits per heavy atom. The van der Waals surface area contributed by atoms with Crippen molar-refractivity contribution in [1.82, 2.24) is 0 Å². The van der Waals surface area contributed by atoms with Crippen molar-refractivity contribution in [3.63, 3.8) is 0 Å². The van der Waals surface area contributed by atoms with Gasteiger partial charge in [0.25, 0.3) is 0 Å². The molecule has 3 heteroatoms. The third-order valence-electron chi connectivity index (χ3n) is 1.53. The highest BCUT2D eigenvalue weighted by atomic mass is 19.1. The van der Waals surface area contributed by atoms with Gasteiger partial charge in [-0.1, -0.05) is 6.07 Å². The summed E-state index contributed by atoms with van der Waals surface area (Å²) in [5.74, 6) is 0.285. The van der Waals surface area contributed by atoms with Gasteiger partial charge in [0, 0.05) is 12.6 Å². The fraction of sp³-hybridized carbons (Fsp3) is 0.333. The third-order valence-corrected chi connectivity index (χ3v) is 1.53. The summed E-state index contributed by atoms with van der Waals surface area (Å²) in [5, 5.41) is 0. The summed E-state index contributed by atoms with van der Waals surface area (Å²) in [7, 11) is 0. The molecule has 0 aromatic heterocycles. The molecule has 0 aliphatic heterocycles.